The zero-order valence-electron chi connectivity index (χ0n) is 12.8. The molecule has 2 aliphatic rings. The van der Waals surface area contributed by atoms with Gasteiger partial charge < -0.3 is 24.8 Å². The second kappa shape index (κ2) is 10.8. The molecule has 0 nitrogen and oxygen atoms in total. The minimum absolute atomic E-state index is 0. The predicted octanol–water partition coefficient (Wildman–Crippen LogP) is -1.09. The van der Waals surface area contributed by atoms with Crippen molar-refractivity contribution < 1.29 is 49.0 Å². The van der Waals surface area contributed by atoms with Crippen molar-refractivity contribution in [3.05, 3.63) is 53.1 Å². The number of allylic oxidation sites excluding steroid dienone is 4. The van der Waals surface area contributed by atoms with Crippen LogP contribution in [0.2, 0.25) is 0 Å². The molecular weight excluding hydrogens is 378 g/mol. The van der Waals surface area contributed by atoms with Crippen LogP contribution in [0.25, 0.3) is 0 Å². The fourth-order valence-electron chi connectivity index (χ4n) is 2.67. The van der Waals surface area contributed by atoms with E-state index < -0.39 is 0 Å². The molecule has 2 aliphatic carbocycles. The third-order valence-electron chi connectivity index (χ3n) is 4.10. The Labute approximate surface area is 156 Å². The quantitative estimate of drug-likeness (QED) is 0.525. The Hall–Kier alpha value is 0.163. The summed E-state index contributed by atoms with van der Waals surface area (Å²) < 4.78 is 1.80. The Bertz CT molecular complexity index is 477. The van der Waals surface area contributed by atoms with Crippen LogP contribution in [0.5, 0.6) is 0 Å². The molecule has 1 aromatic carbocycles. The van der Waals surface area contributed by atoms with Crippen LogP contribution in [-0.2, 0) is 24.2 Å². The molecule has 0 saturated heterocycles. The van der Waals surface area contributed by atoms with E-state index in [2.05, 4.69) is 50.3 Å². The molecule has 0 aliphatic heterocycles. The average molecular weight is 402 g/mol. The monoisotopic (exact) mass is 399 g/mol. The number of halogens is 2. The van der Waals surface area contributed by atoms with E-state index in [-0.39, 0.29) is 24.8 Å². The summed E-state index contributed by atoms with van der Waals surface area (Å²) in [5.74, 6) is 0.527. The number of aryl methyl sites for hydroxylation is 1. The van der Waals surface area contributed by atoms with E-state index in [1.807, 2.05) is 0 Å². The summed E-state index contributed by atoms with van der Waals surface area (Å²) in [6.07, 6.45) is 16.0. The Morgan fingerprint density at radius 2 is 1.62 bits per heavy atom. The molecule has 0 aromatic heterocycles. The van der Waals surface area contributed by atoms with Gasteiger partial charge in [-0.25, -0.2) is 6.07 Å². The maximum atomic E-state index is 2.24. The fraction of sp³-hybridized carbons (Fsp3) is 0.444. The molecule has 3 rings (SSSR count). The van der Waals surface area contributed by atoms with Crippen LogP contribution in [0.1, 0.15) is 54.7 Å². The molecule has 1 fully saturated rings. The fourth-order valence-corrected chi connectivity index (χ4v) is 3.54. The second-order valence-electron chi connectivity index (χ2n) is 5.56. The van der Waals surface area contributed by atoms with Crippen LogP contribution >= 0.6 is 0 Å². The average Bonchev–Trinajstić information content (AvgIpc) is 3.03. The molecule has 1 aromatic rings. The van der Waals surface area contributed by atoms with Crippen LogP contribution in [-0.4, -0.2) is 3.21 Å². The number of rotatable bonds is 1. The maximum absolute atomic E-state index is 2.24. The van der Waals surface area contributed by atoms with E-state index in [1.165, 1.54) is 48.8 Å². The van der Waals surface area contributed by atoms with Crippen LogP contribution in [0.4, 0.5) is 0 Å². The van der Waals surface area contributed by atoms with Crippen LogP contribution in [0.3, 0.4) is 0 Å². The van der Waals surface area contributed by atoms with Crippen molar-refractivity contribution in [1.29, 1.82) is 0 Å². The van der Waals surface area contributed by atoms with Crippen molar-refractivity contribution in [2.75, 3.05) is 0 Å². The summed E-state index contributed by atoms with van der Waals surface area (Å²) in [5, 5.41) is 0. The summed E-state index contributed by atoms with van der Waals surface area (Å²) in [6, 6.07) is 4.43. The predicted molar refractivity (Wildman–Crippen MR) is 80.6 cm³/mol. The van der Waals surface area contributed by atoms with Crippen molar-refractivity contribution in [1.82, 2.24) is 0 Å². The standard InChI is InChI=1S/C12H13.C6H10.2ClH.Zr/c1-9-7-8-12(10(9)2)11-5-3-4-6-11;1-2-4-6-5-3-1;;;/h3-8,11H,1-2H3;1-5H2;2*1H;/q-1;;;;+2/p-2. The Balaban J connectivity index is 0.000000389. The molecule has 0 radical (unpaired) electrons. The first-order chi connectivity index (χ1) is 9.18. The molecule has 0 unspecified atom stereocenters. The zero-order chi connectivity index (χ0) is 13.7. The normalized spacial score (nSPS) is 16.9. The van der Waals surface area contributed by atoms with Crippen LogP contribution in [0, 0.1) is 13.8 Å². The summed E-state index contributed by atoms with van der Waals surface area (Å²) in [6.45, 7) is 4.37. The van der Waals surface area contributed by atoms with E-state index in [0.29, 0.717) is 5.92 Å². The molecule has 0 N–H and O–H groups in total. The van der Waals surface area contributed by atoms with Crippen molar-refractivity contribution in [3.63, 3.8) is 0 Å². The molecule has 0 bridgehead atoms. The van der Waals surface area contributed by atoms with Gasteiger partial charge in [0.1, 0.15) is 0 Å². The van der Waals surface area contributed by atoms with Gasteiger partial charge in [-0.05, 0) is 5.92 Å². The van der Waals surface area contributed by atoms with Gasteiger partial charge in [-0.3, -0.25) is 0 Å². The number of hydrogen-bond acceptors (Lipinski definition) is 0. The van der Waals surface area contributed by atoms with Gasteiger partial charge in [0.25, 0.3) is 0 Å². The summed E-state index contributed by atoms with van der Waals surface area (Å²) in [7, 11) is 0. The summed E-state index contributed by atoms with van der Waals surface area (Å²) in [5.41, 5.74) is 4.30. The van der Waals surface area contributed by atoms with Crippen molar-refractivity contribution in [3.8, 4) is 0 Å². The van der Waals surface area contributed by atoms with Gasteiger partial charge in [0.2, 0.25) is 0 Å². The van der Waals surface area contributed by atoms with Crippen molar-refractivity contribution >= 4 is 3.21 Å². The number of hydrogen-bond donors (Lipinski definition) is 0. The molecule has 1 saturated carbocycles. The topological polar surface area (TPSA) is 0 Å². The van der Waals surface area contributed by atoms with Gasteiger partial charge in [-0.15, -0.1) is 0 Å². The summed E-state index contributed by atoms with van der Waals surface area (Å²) >= 11 is 1.69. The molecule has 0 amide bonds. The molecule has 0 atom stereocenters. The van der Waals surface area contributed by atoms with E-state index in [9.17, 15) is 0 Å². The first-order valence-corrected chi connectivity index (χ1v) is 8.55. The molecule has 114 valence electrons. The molecule has 0 heterocycles. The molecular formula is C18H23Cl2Zr-. The van der Waals surface area contributed by atoms with E-state index in [4.69, 9.17) is 0 Å². The van der Waals surface area contributed by atoms with E-state index in [1.54, 1.807) is 27.4 Å². The third-order valence-corrected chi connectivity index (χ3v) is 5.33. The zero-order valence-corrected chi connectivity index (χ0v) is 16.8. The van der Waals surface area contributed by atoms with Gasteiger partial charge >= 0.3 is 59.5 Å². The SMILES string of the molecule is Cc1c(C2C=CC=C2)cc[c-]1C.[Cl-].[Cl-].[Zr+2]=[C]1CCCCC1. The third kappa shape index (κ3) is 6.43. The van der Waals surface area contributed by atoms with Gasteiger partial charge in [0.15, 0.2) is 0 Å². The van der Waals surface area contributed by atoms with Gasteiger partial charge in [0, 0.05) is 0 Å². The molecule has 3 heteroatoms. The Morgan fingerprint density at radius 1 is 1.05 bits per heavy atom. The first-order valence-electron chi connectivity index (χ1n) is 7.32. The molecule has 21 heavy (non-hydrogen) atoms. The minimum atomic E-state index is 0. The van der Waals surface area contributed by atoms with Crippen LogP contribution < -0.4 is 24.8 Å². The van der Waals surface area contributed by atoms with Crippen molar-refractivity contribution in [2.45, 2.75) is 51.9 Å². The van der Waals surface area contributed by atoms with E-state index in [0.717, 1.165) is 0 Å². The van der Waals surface area contributed by atoms with Gasteiger partial charge in [-0.1, -0.05) is 38.2 Å². The Morgan fingerprint density at radius 3 is 2.00 bits per heavy atom. The molecule has 0 spiro atoms. The van der Waals surface area contributed by atoms with Crippen molar-refractivity contribution in [2.24, 2.45) is 0 Å². The van der Waals surface area contributed by atoms with Gasteiger partial charge in [-0.2, -0.15) is 22.8 Å². The van der Waals surface area contributed by atoms with E-state index >= 15 is 0 Å². The van der Waals surface area contributed by atoms with Crippen LogP contribution in [0.15, 0.2) is 36.4 Å². The second-order valence-corrected chi connectivity index (χ2v) is 7.29. The first kappa shape index (κ1) is 21.2. The summed E-state index contributed by atoms with van der Waals surface area (Å²) in [4.78, 5) is 0. The Kier molecular flexibility index (Phi) is 10.9. The van der Waals surface area contributed by atoms with Gasteiger partial charge in [0.05, 0.1) is 0 Å².